The second kappa shape index (κ2) is 5.66. The lowest BCUT2D eigenvalue weighted by Crippen LogP contribution is -2.01. The van der Waals surface area contributed by atoms with Gasteiger partial charge in [-0.25, -0.2) is 8.42 Å². The number of rotatable bonds is 3. The van der Waals surface area contributed by atoms with Gasteiger partial charge in [0, 0.05) is 5.56 Å². The average Bonchev–Trinajstić information content (AvgIpc) is 3.04. The lowest BCUT2D eigenvalue weighted by molar-refractivity contribution is 0.596. The Morgan fingerprint density at radius 3 is 2.09 bits per heavy atom. The molecule has 0 unspecified atom stereocenters. The van der Waals surface area contributed by atoms with E-state index in [2.05, 4.69) is 15.4 Å². The number of aromatic amines is 1. The molecule has 3 aromatic rings. The van der Waals surface area contributed by atoms with Crippen molar-refractivity contribution in [2.45, 2.75) is 16.7 Å². The fraction of sp³-hybridized carbons (Fsp3) is 0.0625. The van der Waals surface area contributed by atoms with E-state index < -0.39 is 9.84 Å². The number of nitrogens with zero attached hydrogens (tertiary/aromatic N) is 3. The summed E-state index contributed by atoms with van der Waals surface area (Å²) in [6.07, 6.45) is 0. The van der Waals surface area contributed by atoms with Gasteiger partial charge in [-0.15, -0.1) is 5.10 Å². The molecule has 3 rings (SSSR count). The minimum absolute atomic E-state index is 0.166. The van der Waals surface area contributed by atoms with E-state index in [1.54, 1.807) is 36.4 Å². The molecular formula is C16H12N4O2S. The zero-order valence-corrected chi connectivity index (χ0v) is 13.0. The number of nitrogens with one attached hydrogen (secondary N) is 1. The number of sulfone groups is 1. The third-order valence-corrected chi connectivity index (χ3v) is 5.21. The van der Waals surface area contributed by atoms with Gasteiger partial charge < -0.3 is 0 Å². The summed E-state index contributed by atoms with van der Waals surface area (Å²) in [5, 5.41) is 19.0. The molecule has 2 aromatic carbocycles. The summed E-state index contributed by atoms with van der Waals surface area (Å²) in [4.78, 5) is 0.433. The highest BCUT2D eigenvalue weighted by Gasteiger charge is 2.18. The van der Waals surface area contributed by atoms with Gasteiger partial charge in [-0.2, -0.15) is 15.6 Å². The normalized spacial score (nSPS) is 11.1. The Bertz CT molecular complexity index is 982. The molecule has 0 radical (unpaired) electrons. The summed E-state index contributed by atoms with van der Waals surface area (Å²) in [5.74, 6) is 0. The number of nitriles is 1. The Hall–Kier alpha value is -2.98. The minimum Gasteiger partial charge on any atom is -0.219 e. The molecule has 0 bridgehead atoms. The van der Waals surface area contributed by atoms with Crippen molar-refractivity contribution in [2.75, 3.05) is 0 Å². The van der Waals surface area contributed by atoms with E-state index in [0.717, 1.165) is 5.56 Å². The first-order valence-corrected chi connectivity index (χ1v) is 8.24. The molecule has 0 spiro atoms. The van der Waals surface area contributed by atoms with Crippen molar-refractivity contribution in [3.63, 3.8) is 0 Å². The van der Waals surface area contributed by atoms with Gasteiger partial charge in [0.05, 0.1) is 9.79 Å². The number of hydrogen-bond donors (Lipinski definition) is 1. The van der Waals surface area contributed by atoms with Crippen molar-refractivity contribution < 1.29 is 8.42 Å². The number of hydrogen-bond acceptors (Lipinski definition) is 5. The molecule has 1 N–H and O–H groups in total. The fourth-order valence-corrected chi connectivity index (χ4v) is 3.42. The Morgan fingerprint density at radius 2 is 1.52 bits per heavy atom. The number of aryl methyl sites for hydroxylation is 1. The van der Waals surface area contributed by atoms with Crippen LogP contribution in [0.1, 0.15) is 11.3 Å². The topological polar surface area (TPSA) is 99.5 Å². The summed E-state index contributed by atoms with van der Waals surface area (Å²) >= 11 is 0. The standard InChI is InChI=1S/C16H12N4O2S/c1-11-2-6-13(7-3-11)23(21,22)14-8-4-12(5-9-14)16-15(10-17)18-20-19-16/h2-9H,1H3,(H,18,19,20). The fourth-order valence-electron chi connectivity index (χ4n) is 2.16. The molecule has 0 fully saturated rings. The molecular weight excluding hydrogens is 312 g/mol. The molecule has 0 saturated carbocycles. The molecule has 0 saturated heterocycles. The SMILES string of the molecule is Cc1ccc(S(=O)(=O)c2ccc(-c3n[nH]nc3C#N)cc2)cc1. The number of H-pyrrole nitrogens is 1. The van der Waals surface area contributed by atoms with Crippen LogP contribution in [0.25, 0.3) is 11.3 Å². The quantitative estimate of drug-likeness (QED) is 0.798. The number of benzene rings is 2. The molecule has 114 valence electrons. The summed E-state index contributed by atoms with van der Waals surface area (Å²) < 4.78 is 25.2. The van der Waals surface area contributed by atoms with Gasteiger partial charge in [-0.05, 0) is 31.2 Å². The van der Waals surface area contributed by atoms with E-state index in [1.807, 2.05) is 13.0 Å². The first-order chi connectivity index (χ1) is 11.0. The van der Waals surface area contributed by atoms with Crippen molar-refractivity contribution in [1.29, 1.82) is 5.26 Å². The van der Waals surface area contributed by atoms with Crippen LogP contribution in [0.15, 0.2) is 58.3 Å². The van der Waals surface area contributed by atoms with Gasteiger partial charge in [-0.1, -0.05) is 29.8 Å². The molecule has 0 atom stereocenters. The Morgan fingerprint density at radius 1 is 0.957 bits per heavy atom. The van der Waals surface area contributed by atoms with E-state index in [9.17, 15) is 8.42 Å². The van der Waals surface area contributed by atoms with Crippen molar-refractivity contribution >= 4 is 9.84 Å². The summed E-state index contributed by atoms with van der Waals surface area (Å²) in [6.45, 7) is 1.90. The van der Waals surface area contributed by atoms with Gasteiger partial charge in [-0.3, -0.25) is 0 Å². The molecule has 0 aliphatic carbocycles. The van der Waals surface area contributed by atoms with Crippen LogP contribution in [0, 0.1) is 18.3 Å². The largest absolute Gasteiger partial charge is 0.219 e. The third-order valence-electron chi connectivity index (χ3n) is 3.42. The maximum Gasteiger partial charge on any atom is 0.206 e. The van der Waals surface area contributed by atoms with Crippen molar-refractivity contribution in [2.24, 2.45) is 0 Å². The van der Waals surface area contributed by atoms with Crippen molar-refractivity contribution in [1.82, 2.24) is 15.4 Å². The molecule has 6 nitrogen and oxygen atoms in total. The number of aromatic nitrogens is 3. The Labute approximate surface area is 133 Å². The molecule has 1 aromatic heterocycles. The van der Waals surface area contributed by atoms with E-state index in [4.69, 9.17) is 5.26 Å². The molecule has 7 heteroatoms. The van der Waals surface area contributed by atoms with Crippen LogP contribution < -0.4 is 0 Å². The lowest BCUT2D eigenvalue weighted by atomic mass is 10.1. The zero-order chi connectivity index (χ0) is 16.4. The van der Waals surface area contributed by atoms with Crippen LogP contribution in [0.5, 0.6) is 0 Å². The van der Waals surface area contributed by atoms with Crippen LogP contribution in [0.2, 0.25) is 0 Å². The van der Waals surface area contributed by atoms with Gasteiger partial charge >= 0.3 is 0 Å². The first kappa shape index (κ1) is 14.9. The monoisotopic (exact) mass is 324 g/mol. The molecule has 0 amide bonds. The van der Waals surface area contributed by atoms with Gasteiger partial charge in [0.1, 0.15) is 11.8 Å². The summed E-state index contributed by atoms with van der Waals surface area (Å²) in [5.41, 5.74) is 2.18. The van der Waals surface area contributed by atoms with Crippen LogP contribution in [0.3, 0.4) is 0 Å². The average molecular weight is 324 g/mol. The van der Waals surface area contributed by atoms with E-state index in [-0.39, 0.29) is 15.5 Å². The maximum absolute atomic E-state index is 12.6. The van der Waals surface area contributed by atoms with E-state index >= 15 is 0 Å². The second-order valence-corrected chi connectivity index (χ2v) is 6.92. The van der Waals surface area contributed by atoms with Gasteiger partial charge in [0.25, 0.3) is 0 Å². The highest BCUT2D eigenvalue weighted by molar-refractivity contribution is 7.91. The smallest absolute Gasteiger partial charge is 0.206 e. The Kier molecular flexibility index (Phi) is 3.68. The predicted molar refractivity (Wildman–Crippen MR) is 83.2 cm³/mol. The van der Waals surface area contributed by atoms with Crippen LogP contribution >= 0.6 is 0 Å². The minimum atomic E-state index is -3.57. The van der Waals surface area contributed by atoms with Crippen LogP contribution in [-0.4, -0.2) is 23.8 Å². The van der Waals surface area contributed by atoms with Gasteiger partial charge in [0.2, 0.25) is 9.84 Å². The first-order valence-electron chi connectivity index (χ1n) is 6.75. The highest BCUT2D eigenvalue weighted by Crippen LogP contribution is 2.25. The molecule has 23 heavy (non-hydrogen) atoms. The lowest BCUT2D eigenvalue weighted by Gasteiger charge is -2.06. The molecule has 0 aliphatic heterocycles. The summed E-state index contributed by atoms with van der Waals surface area (Å²) in [6, 6.07) is 14.8. The Balaban J connectivity index is 1.99. The van der Waals surface area contributed by atoms with Gasteiger partial charge in [0.15, 0.2) is 5.69 Å². The third kappa shape index (κ3) is 2.72. The van der Waals surface area contributed by atoms with Crippen molar-refractivity contribution in [3.05, 3.63) is 59.8 Å². The molecule has 1 heterocycles. The maximum atomic E-state index is 12.6. The zero-order valence-electron chi connectivity index (χ0n) is 12.2. The van der Waals surface area contributed by atoms with E-state index in [1.165, 1.54) is 12.1 Å². The molecule has 0 aliphatic rings. The van der Waals surface area contributed by atoms with Crippen LogP contribution in [-0.2, 0) is 9.84 Å². The summed E-state index contributed by atoms with van der Waals surface area (Å²) in [7, 11) is -3.57. The highest BCUT2D eigenvalue weighted by atomic mass is 32.2. The van der Waals surface area contributed by atoms with E-state index in [0.29, 0.717) is 11.3 Å². The van der Waals surface area contributed by atoms with Crippen molar-refractivity contribution in [3.8, 4) is 17.3 Å². The van der Waals surface area contributed by atoms with Crippen LogP contribution in [0.4, 0.5) is 0 Å². The second-order valence-electron chi connectivity index (χ2n) is 4.97. The predicted octanol–water partition coefficient (Wildman–Crippen LogP) is 2.48.